The highest BCUT2D eigenvalue weighted by Gasteiger charge is 2.33. The Morgan fingerprint density at radius 2 is 1.69 bits per heavy atom. The molecule has 0 bridgehead atoms. The van der Waals surface area contributed by atoms with E-state index in [1.807, 2.05) is 0 Å². The van der Waals surface area contributed by atoms with Crippen molar-refractivity contribution < 1.29 is 0 Å². The lowest BCUT2D eigenvalue weighted by Crippen LogP contribution is -2.43. The largest absolute Gasteiger partial charge is 0.302 e. The van der Waals surface area contributed by atoms with Crippen molar-refractivity contribution in [1.82, 2.24) is 19.6 Å². The zero-order chi connectivity index (χ0) is 19.3. The minimum Gasteiger partial charge on any atom is -0.302 e. The van der Waals surface area contributed by atoms with Gasteiger partial charge in [0, 0.05) is 49.8 Å². The summed E-state index contributed by atoms with van der Waals surface area (Å²) in [5.41, 5.74) is 0.320. The number of likely N-dealkylation sites (tertiary alicyclic amines) is 2. The summed E-state index contributed by atoms with van der Waals surface area (Å²) in [6.45, 7) is 22.8. The lowest BCUT2D eigenvalue weighted by molar-refractivity contribution is 0.141. The molecule has 3 atom stereocenters. The van der Waals surface area contributed by atoms with Crippen LogP contribution in [0.5, 0.6) is 0 Å². The Morgan fingerprint density at radius 1 is 1.00 bits per heavy atom. The van der Waals surface area contributed by atoms with Crippen LogP contribution in [0.15, 0.2) is 0 Å². The van der Waals surface area contributed by atoms with E-state index in [9.17, 15) is 0 Å². The third-order valence-electron chi connectivity index (χ3n) is 7.04. The first-order chi connectivity index (χ1) is 12.3. The standard InChI is InChI=1S/C22H46N4/c1-8-23(7)20-12-15-25(17-20)19(3)11-10-14-24(9-2)21-13-16-26(18-21)22(4,5)6/h19-21H,8-18H2,1-7H3/t19?,20-,21-/m1/s1. The van der Waals surface area contributed by atoms with Crippen LogP contribution in [0.25, 0.3) is 0 Å². The summed E-state index contributed by atoms with van der Waals surface area (Å²) in [6, 6.07) is 2.28. The van der Waals surface area contributed by atoms with Crippen molar-refractivity contribution in [1.29, 1.82) is 0 Å². The van der Waals surface area contributed by atoms with Gasteiger partial charge in [-0.1, -0.05) is 13.8 Å². The van der Waals surface area contributed by atoms with Crippen molar-refractivity contribution in [3.63, 3.8) is 0 Å². The molecule has 0 aromatic carbocycles. The molecule has 4 heteroatoms. The van der Waals surface area contributed by atoms with Crippen LogP contribution in [0.4, 0.5) is 0 Å². The van der Waals surface area contributed by atoms with E-state index in [2.05, 4.69) is 68.2 Å². The van der Waals surface area contributed by atoms with Gasteiger partial charge in [0.05, 0.1) is 0 Å². The van der Waals surface area contributed by atoms with Crippen molar-refractivity contribution in [2.24, 2.45) is 0 Å². The maximum atomic E-state index is 2.75. The van der Waals surface area contributed by atoms with Crippen LogP contribution in [0.1, 0.15) is 67.2 Å². The Morgan fingerprint density at radius 3 is 2.27 bits per heavy atom. The van der Waals surface area contributed by atoms with Crippen molar-refractivity contribution in [3.8, 4) is 0 Å². The van der Waals surface area contributed by atoms with Gasteiger partial charge in [0.1, 0.15) is 0 Å². The first kappa shape index (κ1) is 22.1. The number of rotatable bonds is 9. The van der Waals surface area contributed by atoms with Crippen LogP contribution in [0, 0.1) is 0 Å². The third-order valence-corrected chi connectivity index (χ3v) is 7.04. The zero-order valence-corrected chi connectivity index (χ0v) is 18.8. The molecule has 2 rings (SSSR count). The Labute approximate surface area is 163 Å². The molecule has 2 aliphatic heterocycles. The number of nitrogens with zero attached hydrogens (tertiary/aromatic N) is 4. The number of hydrogen-bond donors (Lipinski definition) is 0. The number of hydrogen-bond acceptors (Lipinski definition) is 4. The lowest BCUT2D eigenvalue weighted by Gasteiger charge is -2.34. The first-order valence-electron chi connectivity index (χ1n) is 11.2. The molecule has 0 aromatic heterocycles. The van der Waals surface area contributed by atoms with E-state index in [0.29, 0.717) is 5.54 Å². The molecular formula is C22H46N4. The van der Waals surface area contributed by atoms with Crippen LogP contribution < -0.4 is 0 Å². The predicted molar refractivity (Wildman–Crippen MR) is 114 cm³/mol. The normalized spacial score (nSPS) is 27.1. The topological polar surface area (TPSA) is 13.0 Å². The summed E-state index contributed by atoms with van der Waals surface area (Å²) in [4.78, 5) is 10.7. The molecule has 154 valence electrons. The highest BCUT2D eigenvalue weighted by atomic mass is 15.3. The summed E-state index contributed by atoms with van der Waals surface area (Å²) >= 11 is 0. The molecule has 2 heterocycles. The smallest absolute Gasteiger partial charge is 0.0235 e. The van der Waals surface area contributed by atoms with Crippen LogP contribution in [-0.4, -0.2) is 96.1 Å². The molecule has 0 amide bonds. The fourth-order valence-corrected chi connectivity index (χ4v) is 4.81. The van der Waals surface area contributed by atoms with E-state index in [0.717, 1.165) is 18.1 Å². The van der Waals surface area contributed by atoms with Crippen molar-refractivity contribution in [2.75, 3.05) is 52.9 Å². The average molecular weight is 367 g/mol. The van der Waals surface area contributed by atoms with Gasteiger partial charge in [-0.2, -0.15) is 0 Å². The maximum Gasteiger partial charge on any atom is 0.0235 e. The summed E-state index contributed by atoms with van der Waals surface area (Å²) < 4.78 is 0. The highest BCUT2D eigenvalue weighted by molar-refractivity contribution is 4.89. The summed E-state index contributed by atoms with van der Waals surface area (Å²) in [7, 11) is 2.28. The SMILES string of the molecule is CCN(C)[C@@H]1CCN(C(C)CCCN(CC)[C@@H]2CCN(C(C)(C)C)C2)C1. The predicted octanol–water partition coefficient (Wildman–Crippen LogP) is 3.38. The molecule has 4 nitrogen and oxygen atoms in total. The van der Waals surface area contributed by atoms with Gasteiger partial charge >= 0.3 is 0 Å². The summed E-state index contributed by atoms with van der Waals surface area (Å²) in [5.74, 6) is 0. The lowest BCUT2D eigenvalue weighted by atomic mass is 10.1. The Bertz CT molecular complexity index is 405. The fraction of sp³-hybridized carbons (Fsp3) is 1.00. The van der Waals surface area contributed by atoms with Crippen LogP contribution in [0.2, 0.25) is 0 Å². The fourth-order valence-electron chi connectivity index (χ4n) is 4.81. The Kier molecular flexibility index (Phi) is 8.39. The maximum absolute atomic E-state index is 2.75. The molecule has 2 aliphatic rings. The molecule has 0 radical (unpaired) electrons. The van der Waals surface area contributed by atoms with Crippen LogP contribution in [-0.2, 0) is 0 Å². The second-order valence-corrected chi connectivity index (χ2v) is 9.69. The average Bonchev–Trinajstić information content (AvgIpc) is 3.26. The summed E-state index contributed by atoms with van der Waals surface area (Å²) in [6.07, 6.45) is 5.37. The molecular weight excluding hydrogens is 320 g/mol. The molecule has 0 N–H and O–H groups in total. The summed E-state index contributed by atoms with van der Waals surface area (Å²) in [5, 5.41) is 0. The molecule has 0 saturated carbocycles. The van der Waals surface area contributed by atoms with Gasteiger partial charge in [-0.05, 0) is 80.1 Å². The van der Waals surface area contributed by atoms with Crippen molar-refractivity contribution in [3.05, 3.63) is 0 Å². The van der Waals surface area contributed by atoms with Gasteiger partial charge in [-0.15, -0.1) is 0 Å². The van der Waals surface area contributed by atoms with E-state index in [1.165, 1.54) is 71.5 Å². The van der Waals surface area contributed by atoms with Gasteiger partial charge < -0.3 is 4.90 Å². The molecule has 2 fully saturated rings. The molecule has 1 unspecified atom stereocenters. The number of likely N-dealkylation sites (N-methyl/N-ethyl adjacent to an activating group) is 2. The molecule has 26 heavy (non-hydrogen) atoms. The van der Waals surface area contributed by atoms with Gasteiger partial charge in [-0.25, -0.2) is 0 Å². The van der Waals surface area contributed by atoms with E-state index in [1.54, 1.807) is 0 Å². The first-order valence-corrected chi connectivity index (χ1v) is 11.2. The Balaban J connectivity index is 1.71. The van der Waals surface area contributed by atoms with E-state index in [-0.39, 0.29) is 0 Å². The highest BCUT2D eigenvalue weighted by Crippen LogP contribution is 2.24. The van der Waals surface area contributed by atoms with Gasteiger partial charge in [0.2, 0.25) is 0 Å². The van der Waals surface area contributed by atoms with Crippen molar-refractivity contribution >= 4 is 0 Å². The van der Waals surface area contributed by atoms with E-state index in [4.69, 9.17) is 0 Å². The zero-order valence-electron chi connectivity index (χ0n) is 18.8. The van der Waals surface area contributed by atoms with Gasteiger partial charge in [0.15, 0.2) is 0 Å². The minimum absolute atomic E-state index is 0.320. The quantitative estimate of drug-likeness (QED) is 0.620. The van der Waals surface area contributed by atoms with Crippen LogP contribution >= 0.6 is 0 Å². The Hall–Kier alpha value is -0.160. The van der Waals surface area contributed by atoms with Crippen LogP contribution in [0.3, 0.4) is 0 Å². The van der Waals surface area contributed by atoms with Gasteiger partial charge in [0.25, 0.3) is 0 Å². The third kappa shape index (κ3) is 5.92. The van der Waals surface area contributed by atoms with Crippen molar-refractivity contribution in [2.45, 2.75) is 90.9 Å². The molecule has 0 aromatic rings. The molecule has 0 spiro atoms. The van der Waals surface area contributed by atoms with E-state index >= 15 is 0 Å². The van der Waals surface area contributed by atoms with E-state index < -0.39 is 0 Å². The minimum atomic E-state index is 0.320. The molecule has 0 aliphatic carbocycles. The van der Waals surface area contributed by atoms with Gasteiger partial charge in [-0.3, -0.25) is 14.7 Å². The second kappa shape index (κ2) is 9.86. The second-order valence-electron chi connectivity index (χ2n) is 9.69. The molecule has 2 saturated heterocycles. The monoisotopic (exact) mass is 366 g/mol.